The van der Waals surface area contributed by atoms with Crippen LogP contribution in [0.25, 0.3) is 10.8 Å². The first-order chi connectivity index (χ1) is 16.3. The maximum absolute atomic E-state index is 13.6. The van der Waals surface area contributed by atoms with Crippen molar-refractivity contribution in [2.75, 3.05) is 18.0 Å². The van der Waals surface area contributed by atoms with E-state index in [0.29, 0.717) is 18.0 Å². The van der Waals surface area contributed by atoms with Crippen LogP contribution in [-0.4, -0.2) is 41.8 Å². The monoisotopic (exact) mass is 521 g/mol. The van der Waals surface area contributed by atoms with Gasteiger partial charge in [0.2, 0.25) is 11.8 Å². The molecule has 3 amide bonds. The predicted octanol–water partition coefficient (Wildman–Crippen LogP) is 4.75. The van der Waals surface area contributed by atoms with E-state index < -0.39 is 6.04 Å². The van der Waals surface area contributed by atoms with Crippen LogP contribution in [-0.2, 0) is 16.1 Å². The lowest BCUT2D eigenvalue weighted by atomic mass is 10.1. The van der Waals surface area contributed by atoms with Gasteiger partial charge in [-0.2, -0.15) is 0 Å². The zero-order valence-electron chi connectivity index (χ0n) is 19.5. The molecule has 0 fully saturated rings. The van der Waals surface area contributed by atoms with E-state index in [0.717, 1.165) is 26.5 Å². The summed E-state index contributed by atoms with van der Waals surface area (Å²) in [6.07, 6.45) is 0. The number of amides is 3. The molecule has 0 bridgehead atoms. The van der Waals surface area contributed by atoms with Gasteiger partial charge < -0.3 is 10.2 Å². The fourth-order valence-corrected chi connectivity index (χ4v) is 4.45. The molecule has 1 atom stereocenters. The summed E-state index contributed by atoms with van der Waals surface area (Å²) in [6, 6.07) is 18.3. The number of nitrogens with one attached hydrogen (secondary N) is 1. The minimum Gasteiger partial charge on any atom is -0.354 e. The van der Waals surface area contributed by atoms with E-state index in [9.17, 15) is 14.4 Å². The fraction of sp³-hybridized carbons (Fsp3) is 0.296. The van der Waals surface area contributed by atoms with E-state index in [1.807, 2.05) is 68.4 Å². The summed E-state index contributed by atoms with van der Waals surface area (Å²) in [5, 5.41) is 4.75. The Bertz CT molecular complexity index is 1230. The summed E-state index contributed by atoms with van der Waals surface area (Å²) in [5.41, 5.74) is 2.23. The Kier molecular flexibility index (Phi) is 7.03. The molecule has 0 radical (unpaired) electrons. The average molecular weight is 522 g/mol. The predicted molar refractivity (Wildman–Crippen MR) is 138 cm³/mol. The van der Waals surface area contributed by atoms with Crippen molar-refractivity contribution >= 4 is 50.1 Å². The van der Waals surface area contributed by atoms with E-state index in [4.69, 9.17) is 0 Å². The highest BCUT2D eigenvalue weighted by atomic mass is 79.9. The second-order valence-corrected chi connectivity index (χ2v) is 9.95. The Hall–Kier alpha value is -3.19. The van der Waals surface area contributed by atoms with Crippen LogP contribution in [0.15, 0.2) is 65.1 Å². The first-order valence-electron chi connectivity index (χ1n) is 11.4. The maximum atomic E-state index is 13.6. The maximum Gasteiger partial charge on any atom is 0.259 e. The molecule has 0 saturated heterocycles. The van der Waals surface area contributed by atoms with Crippen molar-refractivity contribution in [1.29, 1.82) is 0 Å². The quantitative estimate of drug-likeness (QED) is 0.464. The molecule has 1 heterocycles. The summed E-state index contributed by atoms with van der Waals surface area (Å²) in [5.74, 6) is -0.390. The van der Waals surface area contributed by atoms with Gasteiger partial charge in [0, 0.05) is 28.5 Å². The number of hydrogen-bond donors (Lipinski definition) is 1. The highest BCUT2D eigenvalue weighted by molar-refractivity contribution is 9.10. The SMILES string of the molecule is CC(C)CNC(=O)[C@H](C)N(Cc1ccc(Br)cc1)C(=O)CN1C(=O)c2cccc3cccc1c23. The number of nitrogens with zero attached hydrogens (tertiary/aromatic N) is 2. The first-order valence-corrected chi connectivity index (χ1v) is 12.2. The van der Waals surface area contributed by atoms with Gasteiger partial charge in [0.1, 0.15) is 12.6 Å². The Morgan fingerprint density at radius 1 is 1.00 bits per heavy atom. The smallest absolute Gasteiger partial charge is 0.259 e. The number of hydrogen-bond acceptors (Lipinski definition) is 3. The summed E-state index contributed by atoms with van der Waals surface area (Å²) >= 11 is 3.43. The molecule has 4 rings (SSSR count). The highest BCUT2D eigenvalue weighted by Gasteiger charge is 2.34. The van der Waals surface area contributed by atoms with Crippen LogP contribution in [0.1, 0.15) is 36.7 Å². The van der Waals surface area contributed by atoms with E-state index in [2.05, 4.69) is 21.2 Å². The van der Waals surface area contributed by atoms with Crippen molar-refractivity contribution in [2.24, 2.45) is 5.92 Å². The van der Waals surface area contributed by atoms with Crippen LogP contribution >= 0.6 is 15.9 Å². The molecule has 34 heavy (non-hydrogen) atoms. The van der Waals surface area contributed by atoms with Crippen LogP contribution < -0.4 is 10.2 Å². The number of anilines is 1. The normalized spacial score (nSPS) is 13.4. The molecule has 1 aliphatic rings. The molecule has 3 aromatic rings. The van der Waals surface area contributed by atoms with Gasteiger partial charge in [-0.1, -0.05) is 66.2 Å². The molecule has 0 unspecified atom stereocenters. The Morgan fingerprint density at radius 2 is 1.68 bits per heavy atom. The Labute approximate surface area is 208 Å². The van der Waals surface area contributed by atoms with Crippen molar-refractivity contribution in [3.8, 4) is 0 Å². The molecule has 1 aliphatic heterocycles. The van der Waals surface area contributed by atoms with Crippen molar-refractivity contribution in [1.82, 2.24) is 10.2 Å². The van der Waals surface area contributed by atoms with Gasteiger partial charge in [0.05, 0.1) is 5.69 Å². The average Bonchev–Trinajstić information content (AvgIpc) is 3.09. The van der Waals surface area contributed by atoms with Gasteiger partial charge in [-0.3, -0.25) is 19.3 Å². The van der Waals surface area contributed by atoms with Crippen molar-refractivity contribution in [3.05, 3.63) is 76.3 Å². The number of carbonyl (C=O) groups excluding carboxylic acids is 3. The van der Waals surface area contributed by atoms with Gasteiger partial charge in [0.25, 0.3) is 5.91 Å². The van der Waals surface area contributed by atoms with Crippen LogP contribution in [0.2, 0.25) is 0 Å². The molecule has 0 aliphatic carbocycles. The molecule has 7 heteroatoms. The molecule has 6 nitrogen and oxygen atoms in total. The van der Waals surface area contributed by atoms with E-state index in [-0.39, 0.29) is 30.8 Å². The molecule has 1 N–H and O–H groups in total. The number of halogens is 1. The van der Waals surface area contributed by atoms with Crippen molar-refractivity contribution in [3.63, 3.8) is 0 Å². The second-order valence-electron chi connectivity index (χ2n) is 9.04. The van der Waals surface area contributed by atoms with Crippen LogP contribution in [0.4, 0.5) is 5.69 Å². The summed E-state index contributed by atoms with van der Waals surface area (Å²) in [4.78, 5) is 42.7. The Morgan fingerprint density at radius 3 is 2.35 bits per heavy atom. The topological polar surface area (TPSA) is 69.7 Å². The van der Waals surface area contributed by atoms with E-state index >= 15 is 0 Å². The lowest BCUT2D eigenvalue weighted by Crippen LogP contribution is -2.51. The van der Waals surface area contributed by atoms with E-state index in [1.54, 1.807) is 17.9 Å². The van der Waals surface area contributed by atoms with Gasteiger partial charge in [-0.25, -0.2) is 0 Å². The molecule has 0 spiro atoms. The third kappa shape index (κ3) is 4.85. The van der Waals surface area contributed by atoms with Crippen molar-refractivity contribution < 1.29 is 14.4 Å². The molecule has 0 saturated carbocycles. The third-order valence-electron chi connectivity index (χ3n) is 6.06. The molecule has 176 valence electrons. The van der Waals surface area contributed by atoms with Crippen LogP contribution in [0.5, 0.6) is 0 Å². The second kappa shape index (κ2) is 9.97. The summed E-state index contributed by atoms with van der Waals surface area (Å²) in [7, 11) is 0. The van der Waals surface area contributed by atoms with E-state index in [1.165, 1.54) is 4.90 Å². The minimum absolute atomic E-state index is 0.134. The van der Waals surface area contributed by atoms with Crippen LogP contribution in [0, 0.1) is 5.92 Å². The number of benzene rings is 3. The summed E-state index contributed by atoms with van der Waals surface area (Å²) in [6.45, 7) is 6.44. The number of carbonyl (C=O) groups is 3. The fourth-order valence-electron chi connectivity index (χ4n) is 4.18. The largest absolute Gasteiger partial charge is 0.354 e. The zero-order chi connectivity index (χ0) is 24.4. The lowest BCUT2D eigenvalue weighted by Gasteiger charge is -2.31. The highest BCUT2D eigenvalue weighted by Crippen LogP contribution is 2.37. The van der Waals surface area contributed by atoms with Crippen molar-refractivity contribution in [2.45, 2.75) is 33.4 Å². The molecular weight excluding hydrogens is 494 g/mol. The standard InChI is InChI=1S/C27H28BrN3O3/c1-17(2)14-29-26(33)18(3)30(15-19-10-12-21(28)13-11-19)24(32)16-31-23-9-5-7-20-6-4-8-22(25(20)23)27(31)34/h4-13,17-18H,14-16H2,1-3H3,(H,29,33)/t18-/m0/s1. The third-order valence-corrected chi connectivity index (χ3v) is 6.59. The zero-order valence-corrected chi connectivity index (χ0v) is 21.1. The van der Waals surface area contributed by atoms with Gasteiger partial charge in [0.15, 0.2) is 0 Å². The molecule has 0 aromatic heterocycles. The Balaban J connectivity index is 1.60. The molecular formula is C27H28BrN3O3. The van der Waals surface area contributed by atoms with Gasteiger partial charge >= 0.3 is 0 Å². The first kappa shape index (κ1) is 24.0. The number of rotatable bonds is 8. The lowest BCUT2D eigenvalue weighted by molar-refractivity contribution is -0.139. The van der Waals surface area contributed by atoms with Crippen LogP contribution in [0.3, 0.4) is 0 Å². The molecule has 3 aromatic carbocycles. The minimum atomic E-state index is -0.689. The van der Waals surface area contributed by atoms with Gasteiger partial charge in [-0.15, -0.1) is 0 Å². The van der Waals surface area contributed by atoms with Gasteiger partial charge in [-0.05, 0) is 48.1 Å². The summed E-state index contributed by atoms with van der Waals surface area (Å²) < 4.78 is 0.936.